The number of thioether (sulfide) groups is 1. The normalized spacial score (nSPS) is 12.4. The predicted molar refractivity (Wildman–Crippen MR) is 107 cm³/mol. The van der Waals surface area contributed by atoms with E-state index in [2.05, 4.69) is 15.2 Å². The molecule has 0 aliphatic rings. The van der Waals surface area contributed by atoms with Crippen LogP contribution in [0.3, 0.4) is 0 Å². The number of halogens is 1. The lowest BCUT2D eigenvalue weighted by Crippen LogP contribution is -2.14. The Morgan fingerprint density at radius 2 is 2.00 bits per heavy atom. The van der Waals surface area contributed by atoms with Crippen LogP contribution in [0.1, 0.15) is 23.0 Å². The zero-order valence-electron chi connectivity index (χ0n) is 14.7. The van der Waals surface area contributed by atoms with Crippen LogP contribution >= 0.6 is 23.4 Å². The molecule has 1 N–H and O–H groups in total. The summed E-state index contributed by atoms with van der Waals surface area (Å²) >= 11 is 7.25. The number of aromatic amines is 1. The number of Topliss-reactive ketones (excluding diaryl/α,β-unsaturated/α-hetero) is 1. The standard InChI is InChI=1S/C20H16ClN3O2S/c1-11-17(15-8-3-4-9-16(15)22-11)18(25)12(2)27-20-24-23-19(26-20)13-6-5-7-14(21)10-13/h3-10,12,22H,1-2H3. The Hall–Kier alpha value is -2.57. The van der Waals surface area contributed by atoms with Crippen molar-refractivity contribution in [1.29, 1.82) is 0 Å². The van der Waals surface area contributed by atoms with E-state index in [9.17, 15) is 4.79 Å². The fourth-order valence-corrected chi connectivity index (χ4v) is 3.93. The Kier molecular flexibility index (Phi) is 4.76. The van der Waals surface area contributed by atoms with Gasteiger partial charge in [-0.3, -0.25) is 4.79 Å². The summed E-state index contributed by atoms with van der Waals surface area (Å²) in [5.74, 6) is 0.403. The summed E-state index contributed by atoms with van der Waals surface area (Å²) in [6, 6.07) is 15.0. The third-order valence-corrected chi connectivity index (χ3v) is 5.43. The second-order valence-corrected chi connectivity index (χ2v) is 7.91. The summed E-state index contributed by atoms with van der Waals surface area (Å²) in [7, 11) is 0. The molecule has 4 rings (SSSR count). The molecule has 1 atom stereocenters. The van der Waals surface area contributed by atoms with Crippen LogP contribution in [-0.4, -0.2) is 26.2 Å². The summed E-state index contributed by atoms with van der Waals surface area (Å²) in [5, 5.41) is 9.62. The zero-order valence-corrected chi connectivity index (χ0v) is 16.3. The van der Waals surface area contributed by atoms with Gasteiger partial charge in [-0.1, -0.05) is 47.6 Å². The number of aromatic nitrogens is 3. The fraction of sp³-hybridized carbons (Fsp3) is 0.150. The van der Waals surface area contributed by atoms with Gasteiger partial charge in [-0.25, -0.2) is 0 Å². The molecule has 5 nitrogen and oxygen atoms in total. The van der Waals surface area contributed by atoms with E-state index in [4.69, 9.17) is 16.0 Å². The van der Waals surface area contributed by atoms with Crippen molar-refractivity contribution in [3.8, 4) is 11.5 Å². The summed E-state index contributed by atoms with van der Waals surface area (Å²) in [6.07, 6.45) is 0. The number of nitrogens with zero attached hydrogens (tertiary/aromatic N) is 2. The highest BCUT2D eigenvalue weighted by Crippen LogP contribution is 2.31. The van der Waals surface area contributed by atoms with Crippen molar-refractivity contribution in [3.63, 3.8) is 0 Å². The molecule has 0 saturated carbocycles. The van der Waals surface area contributed by atoms with Gasteiger partial charge in [0.2, 0.25) is 5.89 Å². The van der Waals surface area contributed by atoms with Crippen LogP contribution < -0.4 is 0 Å². The number of H-pyrrole nitrogens is 1. The molecule has 7 heteroatoms. The molecule has 27 heavy (non-hydrogen) atoms. The van der Waals surface area contributed by atoms with Gasteiger partial charge < -0.3 is 9.40 Å². The van der Waals surface area contributed by atoms with Gasteiger partial charge in [0.1, 0.15) is 0 Å². The van der Waals surface area contributed by atoms with E-state index >= 15 is 0 Å². The first-order valence-electron chi connectivity index (χ1n) is 8.40. The maximum absolute atomic E-state index is 13.0. The molecule has 0 amide bonds. The summed E-state index contributed by atoms with van der Waals surface area (Å²) in [6.45, 7) is 3.76. The molecule has 0 bridgehead atoms. The lowest BCUT2D eigenvalue weighted by atomic mass is 10.1. The summed E-state index contributed by atoms with van der Waals surface area (Å²) in [4.78, 5) is 16.3. The quantitative estimate of drug-likeness (QED) is 0.353. The highest BCUT2D eigenvalue weighted by molar-refractivity contribution is 8.00. The molecular weight excluding hydrogens is 382 g/mol. The largest absolute Gasteiger partial charge is 0.411 e. The van der Waals surface area contributed by atoms with Crippen LogP contribution in [0, 0.1) is 6.92 Å². The predicted octanol–water partition coefficient (Wildman–Crippen LogP) is 5.54. The van der Waals surface area contributed by atoms with Gasteiger partial charge in [0.25, 0.3) is 5.22 Å². The minimum Gasteiger partial charge on any atom is -0.411 e. The minimum atomic E-state index is -0.365. The lowest BCUT2D eigenvalue weighted by molar-refractivity contribution is 0.0994. The van der Waals surface area contributed by atoms with Crippen LogP contribution in [0.4, 0.5) is 0 Å². The van der Waals surface area contributed by atoms with Gasteiger partial charge in [-0.05, 0) is 38.1 Å². The van der Waals surface area contributed by atoms with Gasteiger partial charge in [-0.15, -0.1) is 10.2 Å². The van der Waals surface area contributed by atoms with Crippen LogP contribution in [0.5, 0.6) is 0 Å². The molecule has 4 aromatic rings. The summed E-state index contributed by atoms with van der Waals surface area (Å²) in [5.41, 5.74) is 3.27. The number of rotatable bonds is 5. The Labute approximate surface area is 165 Å². The van der Waals surface area contributed by atoms with Gasteiger partial charge >= 0.3 is 0 Å². The van der Waals surface area contributed by atoms with Crippen molar-refractivity contribution in [1.82, 2.24) is 15.2 Å². The molecule has 2 aromatic carbocycles. The molecule has 1 unspecified atom stereocenters. The first-order valence-corrected chi connectivity index (χ1v) is 9.66. The Balaban J connectivity index is 1.56. The number of para-hydroxylation sites is 1. The Morgan fingerprint density at radius 3 is 2.81 bits per heavy atom. The van der Waals surface area contributed by atoms with Crippen LogP contribution in [-0.2, 0) is 0 Å². The smallest absolute Gasteiger partial charge is 0.277 e. The first-order chi connectivity index (χ1) is 13.0. The Bertz CT molecular complexity index is 1140. The second-order valence-electron chi connectivity index (χ2n) is 6.18. The maximum Gasteiger partial charge on any atom is 0.277 e. The zero-order chi connectivity index (χ0) is 19.0. The van der Waals surface area contributed by atoms with Crippen molar-refractivity contribution >= 4 is 40.0 Å². The minimum absolute atomic E-state index is 0.0254. The number of hydrogen-bond acceptors (Lipinski definition) is 5. The van der Waals surface area contributed by atoms with E-state index in [0.717, 1.165) is 22.2 Å². The molecule has 0 fully saturated rings. The average Bonchev–Trinajstić information content (AvgIpc) is 3.24. The monoisotopic (exact) mass is 397 g/mol. The first kappa shape index (κ1) is 17.8. The van der Waals surface area contributed by atoms with E-state index in [1.807, 2.05) is 50.2 Å². The third kappa shape index (κ3) is 3.50. The molecule has 0 spiro atoms. The van der Waals surface area contributed by atoms with E-state index in [1.165, 1.54) is 11.8 Å². The van der Waals surface area contributed by atoms with Crippen molar-refractivity contribution in [2.75, 3.05) is 0 Å². The number of fused-ring (bicyclic) bond motifs is 1. The van der Waals surface area contributed by atoms with Crippen molar-refractivity contribution < 1.29 is 9.21 Å². The van der Waals surface area contributed by atoms with Gasteiger partial charge in [-0.2, -0.15) is 0 Å². The second kappa shape index (κ2) is 7.21. The highest BCUT2D eigenvalue weighted by atomic mass is 35.5. The van der Waals surface area contributed by atoms with Gasteiger partial charge in [0, 0.05) is 32.7 Å². The number of nitrogens with one attached hydrogen (secondary N) is 1. The molecule has 2 heterocycles. The average molecular weight is 398 g/mol. The maximum atomic E-state index is 13.0. The van der Waals surface area contributed by atoms with Crippen molar-refractivity contribution in [2.45, 2.75) is 24.3 Å². The van der Waals surface area contributed by atoms with Crippen molar-refractivity contribution in [2.24, 2.45) is 0 Å². The molecule has 0 aliphatic carbocycles. The number of ketones is 1. The molecule has 2 aromatic heterocycles. The van der Waals surface area contributed by atoms with Crippen LogP contribution in [0.25, 0.3) is 22.4 Å². The summed E-state index contributed by atoms with van der Waals surface area (Å²) < 4.78 is 5.70. The molecule has 0 aliphatic heterocycles. The van der Waals surface area contributed by atoms with Crippen molar-refractivity contribution in [3.05, 3.63) is 64.8 Å². The Morgan fingerprint density at radius 1 is 1.19 bits per heavy atom. The van der Waals surface area contributed by atoms with Crippen LogP contribution in [0.2, 0.25) is 5.02 Å². The SMILES string of the molecule is Cc1[nH]c2ccccc2c1C(=O)C(C)Sc1nnc(-c2cccc(Cl)c2)o1. The van der Waals surface area contributed by atoms with Crippen LogP contribution in [0.15, 0.2) is 58.2 Å². The third-order valence-electron chi connectivity index (χ3n) is 4.26. The van der Waals surface area contributed by atoms with Gasteiger partial charge in [0.15, 0.2) is 5.78 Å². The number of hydrogen-bond donors (Lipinski definition) is 1. The van der Waals surface area contributed by atoms with E-state index in [1.54, 1.807) is 12.1 Å². The fourth-order valence-electron chi connectivity index (χ4n) is 3.00. The number of carbonyl (C=O) groups excluding carboxylic acids is 1. The molecule has 0 radical (unpaired) electrons. The number of aryl methyl sites for hydroxylation is 1. The molecule has 136 valence electrons. The van der Waals surface area contributed by atoms with E-state index in [0.29, 0.717) is 21.7 Å². The van der Waals surface area contributed by atoms with E-state index < -0.39 is 0 Å². The van der Waals surface area contributed by atoms with E-state index in [-0.39, 0.29) is 11.0 Å². The highest BCUT2D eigenvalue weighted by Gasteiger charge is 2.24. The number of carbonyl (C=O) groups is 1. The number of benzene rings is 2. The topological polar surface area (TPSA) is 71.8 Å². The lowest BCUT2D eigenvalue weighted by Gasteiger charge is -2.07. The molecular formula is C20H16ClN3O2S. The molecule has 0 saturated heterocycles. The van der Waals surface area contributed by atoms with Gasteiger partial charge in [0.05, 0.1) is 5.25 Å².